The van der Waals surface area contributed by atoms with Crippen molar-refractivity contribution in [1.82, 2.24) is 0 Å². The van der Waals surface area contributed by atoms with E-state index in [0.29, 0.717) is 5.69 Å². The molecule has 102 valence electrons. The molecule has 1 atom stereocenters. The number of benzene rings is 1. The average Bonchev–Trinajstić information content (AvgIpc) is 2.69. The molecule has 1 aliphatic rings. The first kappa shape index (κ1) is 13.6. The molecule has 0 aliphatic carbocycles. The predicted molar refractivity (Wildman–Crippen MR) is 72.8 cm³/mol. The van der Waals surface area contributed by atoms with Crippen molar-refractivity contribution in [2.45, 2.75) is 12.3 Å². The molecule has 2 rings (SSSR count). The van der Waals surface area contributed by atoms with Crippen molar-refractivity contribution in [3.8, 4) is 0 Å². The van der Waals surface area contributed by atoms with Crippen LogP contribution in [0.5, 0.6) is 0 Å². The molecule has 0 spiro atoms. The molecule has 0 fully saturated rings. The van der Waals surface area contributed by atoms with Gasteiger partial charge in [0.05, 0.1) is 17.9 Å². The molecule has 0 aromatic heterocycles. The Morgan fingerprint density at radius 2 is 2.16 bits per heavy atom. The summed E-state index contributed by atoms with van der Waals surface area (Å²) in [5.74, 6) is -1.38. The topological polar surface area (TPSA) is 74.7 Å². The van der Waals surface area contributed by atoms with Gasteiger partial charge in [0.1, 0.15) is 0 Å². The number of anilines is 1. The van der Waals surface area contributed by atoms with Gasteiger partial charge in [-0.15, -0.1) is 6.58 Å². The summed E-state index contributed by atoms with van der Waals surface area (Å²) in [6.07, 6.45) is 1.26. The summed E-state index contributed by atoms with van der Waals surface area (Å²) in [6.45, 7) is 3.62. The van der Waals surface area contributed by atoms with E-state index in [0.717, 1.165) is 5.56 Å². The third-order valence-corrected chi connectivity index (χ3v) is 4.79. The van der Waals surface area contributed by atoms with E-state index in [1.807, 2.05) is 0 Å². The number of aliphatic carboxylic acids is 1. The highest BCUT2D eigenvalue weighted by atomic mass is 32.2. The van der Waals surface area contributed by atoms with Crippen molar-refractivity contribution in [3.05, 3.63) is 42.5 Å². The van der Waals surface area contributed by atoms with Gasteiger partial charge in [-0.2, -0.15) is 0 Å². The molecule has 1 aromatic carbocycles. The lowest BCUT2D eigenvalue weighted by atomic mass is 9.98. The molecule has 1 heterocycles. The Bertz CT molecular complexity index is 609. The molecule has 0 bridgehead atoms. The van der Waals surface area contributed by atoms with Crippen molar-refractivity contribution < 1.29 is 18.3 Å². The van der Waals surface area contributed by atoms with E-state index in [4.69, 9.17) is 5.11 Å². The monoisotopic (exact) mass is 281 g/mol. The summed E-state index contributed by atoms with van der Waals surface area (Å²) >= 11 is 0. The van der Waals surface area contributed by atoms with Gasteiger partial charge >= 0.3 is 5.97 Å². The maximum Gasteiger partial charge on any atom is 0.304 e. The normalized spacial score (nSPS) is 18.1. The molecule has 0 radical (unpaired) electrons. The van der Waals surface area contributed by atoms with Crippen LogP contribution in [0.4, 0.5) is 5.69 Å². The van der Waals surface area contributed by atoms with E-state index in [9.17, 15) is 13.2 Å². The zero-order valence-electron chi connectivity index (χ0n) is 10.3. The minimum absolute atomic E-state index is 0.0723. The molecule has 0 amide bonds. The highest BCUT2D eigenvalue weighted by Crippen LogP contribution is 2.39. The first-order valence-electron chi connectivity index (χ1n) is 5.87. The number of hydrogen-bond acceptors (Lipinski definition) is 3. The Morgan fingerprint density at radius 3 is 2.79 bits per heavy atom. The quantitative estimate of drug-likeness (QED) is 0.831. The fourth-order valence-corrected chi connectivity index (χ4v) is 3.70. The van der Waals surface area contributed by atoms with E-state index in [1.54, 1.807) is 24.3 Å². The smallest absolute Gasteiger partial charge is 0.304 e. The van der Waals surface area contributed by atoms with Crippen LogP contribution < -0.4 is 4.31 Å². The Kier molecular flexibility index (Phi) is 3.61. The van der Waals surface area contributed by atoms with E-state index in [1.165, 1.54) is 10.4 Å². The third-order valence-electron chi connectivity index (χ3n) is 3.12. The standard InChI is InChI=1S/C13H15NO4S/c1-2-7-19(17,18)14-9-10(8-13(15)16)11-5-3-4-6-12(11)14/h2-6,10H,1,7-9H2,(H,15,16). The second-order valence-corrected chi connectivity index (χ2v) is 6.39. The molecule has 1 aromatic rings. The zero-order valence-corrected chi connectivity index (χ0v) is 11.1. The second kappa shape index (κ2) is 5.05. The number of nitrogens with zero attached hydrogens (tertiary/aromatic N) is 1. The van der Waals surface area contributed by atoms with Crippen LogP contribution in [0.15, 0.2) is 36.9 Å². The molecule has 0 saturated heterocycles. The van der Waals surface area contributed by atoms with Gasteiger partial charge in [-0.1, -0.05) is 24.3 Å². The van der Waals surface area contributed by atoms with Gasteiger partial charge < -0.3 is 5.11 Å². The van der Waals surface area contributed by atoms with Crippen molar-refractivity contribution in [2.24, 2.45) is 0 Å². The second-order valence-electron chi connectivity index (χ2n) is 4.45. The van der Waals surface area contributed by atoms with E-state index in [-0.39, 0.29) is 24.6 Å². The maximum atomic E-state index is 12.1. The number of para-hydroxylation sites is 1. The average molecular weight is 281 g/mol. The number of sulfonamides is 1. The van der Waals surface area contributed by atoms with Gasteiger partial charge in [0.25, 0.3) is 0 Å². The fraction of sp³-hybridized carbons (Fsp3) is 0.308. The maximum absolute atomic E-state index is 12.1. The molecular weight excluding hydrogens is 266 g/mol. The molecule has 1 unspecified atom stereocenters. The molecule has 19 heavy (non-hydrogen) atoms. The highest BCUT2D eigenvalue weighted by Gasteiger charge is 2.35. The summed E-state index contributed by atoms with van der Waals surface area (Å²) in [4.78, 5) is 10.9. The first-order valence-corrected chi connectivity index (χ1v) is 7.48. The molecule has 1 aliphatic heterocycles. The minimum Gasteiger partial charge on any atom is -0.481 e. The zero-order chi connectivity index (χ0) is 14.0. The lowest BCUT2D eigenvalue weighted by Crippen LogP contribution is -2.31. The summed E-state index contributed by atoms with van der Waals surface area (Å²) < 4.78 is 25.6. The predicted octanol–water partition coefficient (Wildman–Crippen LogP) is 1.58. The Hall–Kier alpha value is -1.82. The Labute approximate surface area is 112 Å². The summed E-state index contributed by atoms with van der Waals surface area (Å²) in [5.41, 5.74) is 1.35. The molecular formula is C13H15NO4S. The van der Waals surface area contributed by atoms with E-state index < -0.39 is 16.0 Å². The van der Waals surface area contributed by atoms with Crippen LogP contribution in [0.3, 0.4) is 0 Å². The van der Waals surface area contributed by atoms with Gasteiger partial charge in [-0.25, -0.2) is 8.42 Å². The summed E-state index contributed by atoms with van der Waals surface area (Å²) in [7, 11) is -3.47. The summed E-state index contributed by atoms with van der Waals surface area (Å²) in [5, 5.41) is 8.91. The van der Waals surface area contributed by atoms with E-state index in [2.05, 4.69) is 6.58 Å². The lowest BCUT2D eigenvalue weighted by Gasteiger charge is -2.18. The van der Waals surface area contributed by atoms with Crippen LogP contribution in [-0.2, 0) is 14.8 Å². The number of hydrogen-bond donors (Lipinski definition) is 1. The number of carbonyl (C=O) groups is 1. The molecule has 1 N–H and O–H groups in total. The van der Waals surface area contributed by atoms with Crippen LogP contribution in [-0.4, -0.2) is 31.8 Å². The highest BCUT2D eigenvalue weighted by molar-refractivity contribution is 7.92. The minimum atomic E-state index is -3.47. The van der Waals surface area contributed by atoms with Gasteiger partial charge in [0, 0.05) is 12.5 Å². The van der Waals surface area contributed by atoms with Crippen molar-refractivity contribution in [3.63, 3.8) is 0 Å². The van der Waals surface area contributed by atoms with Gasteiger partial charge in [0.15, 0.2) is 0 Å². The Morgan fingerprint density at radius 1 is 1.47 bits per heavy atom. The van der Waals surface area contributed by atoms with Crippen LogP contribution in [0.2, 0.25) is 0 Å². The van der Waals surface area contributed by atoms with Gasteiger partial charge in [-0.05, 0) is 11.6 Å². The number of carboxylic acid groups (broad SMARTS) is 1. The molecule has 0 saturated carbocycles. The number of rotatable bonds is 5. The summed E-state index contributed by atoms with van der Waals surface area (Å²) in [6, 6.07) is 7.03. The molecule has 5 nitrogen and oxygen atoms in total. The number of fused-ring (bicyclic) bond motifs is 1. The van der Waals surface area contributed by atoms with Crippen molar-refractivity contribution >= 4 is 21.7 Å². The largest absolute Gasteiger partial charge is 0.481 e. The van der Waals surface area contributed by atoms with Crippen LogP contribution in [0.1, 0.15) is 17.9 Å². The van der Waals surface area contributed by atoms with Crippen molar-refractivity contribution in [2.75, 3.05) is 16.6 Å². The van der Waals surface area contributed by atoms with Gasteiger partial charge in [0.2, 0.25) is 10.0 Å². The van der Waals surface area contributed by atoms with E-state index >= 15 is 0 Å². The first-order chi connectivity index (χ1) is 8.95. The third kappa shape index (κ3) is 2.63. The fourth-order valence-electron chi connectivity index (χ4n) is 2.34. The van der Waals surface area contributed by atoms with Crippen LogP contribution in [0.25, 0.3) is 0 Å². The Balaban J connectivity index is 2.40. The van der Waals surface area contributed by atoms with Crippen LogP contribution in [0, 0.1) is 0 Å². The van der Waals surface area contributed by atoms with Gasteiger partial charge in [-0.3, -0.25) is 9.10 Å². The molecule has 6 heteroatoms. The van der Waals surface area contributed by atoms with Crippen LogP contribution >= 0.6 is 0 Å². The van der Waals surface area contributed by atoms with Crippen molar-refractivity contribution in [1.29, 1.82) is 0 Å². The SMILES string of the molecule is C=CCS(=O)(=O)N1CC(CC(=O)O)c2ccccc21. The lowest BCUT2D eigenvalue weighted by molar-refractivity contribution is -0.137. The number of carboxylic acids is 1.